The van der Waals surface area contributed by atoms with Crippen molar-refractivity contribution >= 4 is 33.4 Å². The van der Waals surface area contributed by atoms with E-state index in [2.05, 4.69) is 16.4 Å². The highest BCUT2D eigenvalue weighted by molar-refractivity contribution is 7.17. The summed E-state index contributed by atoms with van der Waals surface area (Å²) in [7, 11) is 1.64. The number of anilines is 1. The molecule has 2 aromatic heterocycles. The zero-order valence-electron chi connectivity index (χ0n) is 20.1. The number of fused-ring (bicyclic) bond motifs is 1. The molecule has 7 nitrogen and oxygen atoms in total. The Bertz CT molecular complexity index is 1300. The fraction of sp³-hybridized carbons (Fsp3) is 0.444. The lowest BCUT2D eigenvalue weighted by Gasteiger charge is -2.32. The number of hydrogen-bond acceptors (Lipinski definition) is 6. The Morgan fingerprint density at radius 3 is 3.06 bits per heavy atom. The van der Waals surface area contributed by atoms with Gasteiger partial charge < -0.3 is 15.0 Å². The minimum absolute atomic E-state index is 0.0992. The molecule has 1 amide bonds. The number of amides is 1. The number of nitrogens with one attached hydrogen (secondary N) is 2. The van der Waals surface area contributed by atoms with Crippen LogP contribution < -0.4 is 20.5 Å². The van der Waals surface area contributed by atoms with Crippen LogP contribution in [0.25, 0.3) is 21.3 Å². The average Bonchev–Trinajstić information content (AvgIpc) is 3.34. The Kier molecular flexibility index (Phi) is 7.18. The predicted molar refractivity (Wildman–Crippen MR) is 141 cm³/mol. The first kappa shape index (κ1) is 23.6. The number of H-pyrrole nitrogens is 1. The molecule has 1 unspecified atom stereocenters. The standard InChI is InChI=1S/C27H32N4O3S/c1-34-21-11-5-9-19(15-21)22-17-35-24-23(22)29-27(30-26(24)33)31-14-6-10-20(16-31)25(32)28-13-12-18-7-3-2-4-8-18/h5,7,9,11,15,17,20H,2-4,6,8,10,12-14,16H2,1H3,(H,28,32)(H,29,30,33). The van der Waals surface area contributed by atoms with Crippen molar-refractivity contribution in [2.75, 3.05) is 31.6 Å². The summed E-state index contributed by atoms with van der Waals surface area (Å²) < 4.78 is 5.98. The van der Waals surface area contributed by atoms with E-state index in [1.54, 1.807) is 7.11 Å². The van der Waals surface area contributed by atoms with Gasteiger partial charge in [0.25, 0.3) is 5.56 Å². The summed E-state index contributed by atoms with van der Waals surface area (Å²) in [5, 5.41) is 5.11. The number of methoxy groups -OCH3 is 1. The summed E-state index contributed by atoms with van der Waals surface area (Å²) in [6, 6.07) is 7.78. The van der Waals surface area contributed by atoms with E-state index in [9.17, 15) is 9.59 Å². The molecule has 1 fully saturated rings. The van der Waals surface area contributed by atoms with Crippen LogP contribution in [-0.4, -0.2) is 42.6 Å². The molecule has 0 spiro atoms. The van der Waals surface area contributed by atoms with Gasteiger partial charge in [-0.25, -0.2) is 4.98 Å². The summed E-state index contributed by atoms with van der Waals surface area (Å²) in [5.41, 5.74) is 3.90. The van der Waals surface area contributed by atoms with Crippen molar-refractivity contribution in [2.24, 2.45) is 5.92 Å². The number of carbonyl (C=O) groups is 1. The Morgan fingerprint density at radius 2 is 2.23 bits per heavy atom. The van der Waals surface area contributed by atoms with E-state index >= 15 is 0 Å². The molecule has 5 rings (SSSR count). The number of benzene rings is 1. The van der Waals surface area contributed by atoms with Gasteiger partial charge in [-0.3, -0.25) is 14.6 Å². The lowest BCUT2D eigenvalue weighted by atomic mass is 9.96. The van der Waals surface area contributed by atoms with Crippen LogP contribution in [-0.2, 0) is 4.79 Å². The average molecular weight is 493 g/mol. The quantitative estimate of drug-likeness (QED) is 0.459. The second-order valence-corrected chi connectivity index (χ2v) is 10.3. The molecule has 1 saturated heterocycles. The zero-order chi connectivity index (χ0) is 24.2. The van der Waals surface area contributed by atoms with Crippen molar-refractivity contribution in [2.45, 2.75) is 44.9 Å². The monoisotopic (exact) mass is 492 g/mol. The molecule has 3 aromatic rings. The fourth-order valence-electron chi connectivity index (χ4n) is 5.07. The van der Waals surface area contributed by atoms with E-state index < -0.39 is 0 Å². The Hall–Kier alpha value is -3.13. The molecule has 0 radical (unpaired) electrons. The minimum Gasteiger partial charge on any atom is -0.497 e. The highest BCUT2D eigenvalue weighted by Gasteiger charge is 2.27. The highest BCUT2D eigenvalue weighted by Crippen LogP contribution is 2.33. The summed E-state index contributed by atoms with van der Waals surface area (Å²) in [5.74, 6) is 1.29. The van der Waals surface area contributed by atoms with Gasteiger partial charge in [0.1, 0.15) is 10.4 Å². The molecule has 8 heteroatoms. The van der Waals surface area contributed by atoms with Crippen LogP contribution in [0.3, 0.4) is 0 Å². The van der Waals surface area contributed by atoms with E-state index in [1.807, 2.05) is 34.5 Å². The Morgan fingerprint density at radius 1 is 1.31 bits per heavy atom. The molecule has 1 atom stereocenters. The largest absolute Gasteiger partial charge is 0.497 e. The first-order chi connectivity index (χ1) is 17.1. The normalized spacial score (nSPS) is 18.4. The van der Waals surface area contributed by atoms with E-state index in [1.165, 1.54) is 36.2 Å². The number of allylic oxidation sites excluding steroid dienone is 1. The van der Waals surface area contributed by atoms with Crippen LogP contribution >= 0.6 is 11.3 Å². The number of carbonyl (C=O) groups excluding carboxylic acids is 1. The smallest absolute Gasteiger partial charge is 0.270 e. The van der Waals surface area contributed by atoms with E-state index in [4.69, 9.17) is 9.72 Å². The maximum Gasteiger partial charge on any atom is 0.270 e. The van der Waals surface area contributed by atoms with Crippen molar-refractivity contribution in [3.63, 3.8) is 0 Å². The second kappa shape index (κ2) is 10.6. The first-order valence-corrected chi connectivity index (χ1v) is 13.4. The third kappa shape index (κ3) is 5.27. The van der Waals surface area contributed by atoms with Gasteiger partial charge in [-0.1, -0.05) is 23.8 Å². The molecule has 1 aliphatic heterocycles. The van der Waals surface area contributed by atoms with Gasteiger partial charge in [0.2, 0.25) is 11.9 Å². The number of aromatic nitrogens is 2. The zero-order valence-corrected chi connectivity index (χ0v) is 21.0. The molecular formula is C27H32N4O3S. The first-order valence-electron chi connectivity index (χ1n) is 12.5. The molecule has 184 valence electrons. The molecule has 2 N–H and O–H groups in total. The maximum absolute atomic E-state index is 12.9. The van der Waals surface area contributed by atoms with Gasteiger partial charge in [0.05, 0.1) is 18.5 Å². The van der Waals surface area contributed by atoms with Crippen molar-refractivity contribution in [3.05, 3.63) is 51.6 Å². The fourth-order valence-corrected chi connectivity index (χ4v) is 5.98. The molecule has 0 saturated carbocycles. The summed E-state index contributed by atoms with van der Waals surface area (Å²) in [4.78, 5) is 35.7. The van der Waals surface area contributed by atoms with Crippen LogP contribution in [0.5, 0.6) is 5.75 Å². The minimum atomic E-state index is -0.142. The SMILES string of the molecule is COc1cccc(-c2csc3c(=O)[nH]c(N4CCCC(C(=O)NCCC5=CCCCC5)C4)nc23)c1. The third-order valence-corrected chi connectivity index (χ3v) is 7.98. The number of piperidine rings is 1. The number of aromatic amines is 1. The highest BCUT2D eigenvalue weighted by atomic mass is 32.1. The van der Waals surface area contributed by atoms with Gasteiger partial charge in [-0.2, -0.15) is 0 Å². The summed E-state index contributed by atoms with van der Waals surface area (Å²) in [6.07, 6.45) is 9.88. The lowest BCUT2D eigenvalue weighted by molar-refractivity contribution is -0.125. The van der Waals surface area contributed by atoms with Crippen molar-refractivity contribution < 1.29 is 9.53 Å². The number of hydrogen-bond donors (Lipinski definition) is 2. The lowest BCUT2D eigenvalue weighted by Crippen LogP contribution is -2.44. The molecule has 2 aliphatic rings. The Labute approximate surface area is 209 Å². The van der Waals surface area contributed by atoms with Gasteiger partial charge in [0, 0.05) is 30.6 Å². The van der Waals surface area contributed by atoms with Crippen molar-refractivity contribution in [3.8, 4) is 16.9 Å². The van der Waals surface area contributed by atoms with Crippen LogP contribution in [0, 0.1) is 5.92 Å². The summed E-state index contributed by atoms with van der Waals surface area (Å²) >= 11 is 1.40. The Balaban J connectivity index is 1.31. The van der Waals surface area contributed by atoms with Crippen molar-refractivity contribution in [1.29, 1.82) is 0 Å². The van der Waals surface area contributed by atoms with E-state index in [0.29, 0.717) is 29.3 Å². The maximum atomic E-state index is 12.9. The van der Waals surface area contributed by atoms with Crippen molar-refractivity contribution in [1.82, 2.24) is 15.3 Å². The topological polar surface area (TPSA) is 87.3 Å². The molecule has 35 heavy (non-hydrogen) atoms. The van der Waals surface area contributed by atoms with Crippen LogP contribution in [0.4, 0.5) is 5.95 Å². The number of ether oxygens (including phenoxy) is 1. The molecule has 3 heterocycles. The third-order valence-electron chi connectivity index (χ3n) is 7.02. The number of thiophene rings is 1. The molecule has 0 bridgehead atoms. The van der Waals surface area contributed by atoms with Crippen LogP contribution in [0.1, 0.15) is 44.9 Å². The van der Waals surface area contributed by atoms with Crippen LogP contribution in [0.15, 0.2) is 46.1 Å². The molecular weight excluding hydrogens is 460 g/mol. The molecule has 1 aliphatic carbocycles. The van der Waals surface area contributed by atoms with Gasteiger partial charge in [-0.05, 0) is 62.6 Å². The van der Waals surface area contributed by atoms with E-state index in [0.717, 1.165) is 49.1 Å². The van der Waals surface area contributed by atoms with Gasteiger partial charge in [-0.15, -0.1) is 11.3 Å². The van der Waals surface area contributed by atoms with E-state index in [-0.39, 0.29) is 17.4 Å². The summed E-state index contributed by atoms with van der Waals surface area (Å²) in [6.45, 7) is 2.02. The second-order valence-electron chi connectivity index (χ2n) is 9.38. The number of rotatable bonds is 7. The predicted octanol–water partition coefficient (Wildman–Crippen LogP) is 4.88. The number of nitrogens with zero attached hydrogens (tertiary/aromatic N) is 2. The molecule has 1 aromatic carbocycles. The van der Waals surface area contributed by atoms with Gasteiger partial charge in [0.15, 0.2) is 0 Å². The van der Waals surface area contributed by atoms with Crippen LogP contribution in [0.2, 0.25) is 0 Å². The van der Waals surface area contributed by atoms with Gasteiger partial charge >= 0.3 is 0 Å².